The Morgan fingerprint density at radius 2 is 2.12 bits per heavy atom. The molecule has 0 aliphatic carbocycles. The van der Waals surface area contributed by atoms with E-state index in [-0.39, 0.29) is 11.4 Å². The molecule has 1 aromatic rings. The van der Waals surface area contributed by atoms with Gasteiger partial charge in [-0.3, -0.25) is 0 Å². The van der Waals surface area contributed by atoms with Gasteiger partial charge < -0.3 is 9.47 Å². The SMILES string of the molecule is COC(=O)c1cc(OC)c(C(F)F)c(Cl)n1. The second kappa shape index (κ2) is 5.07. The van der Waals surface area contributed by atoms with Crippen LogP contribution in [0.15, 0.2) is 6.07 Å². The Balaban J connectivity index is 3.32. The van der Waals surface area contributed by atoms with Gasteiger partial charge in [-0.05, 0) is 0 Å². The largest absolute Gasteiger partial charge is 0.496 e. The number of nitrogens with zero attached hydrogens (tertiary/aromatic N) is 1. The summed E-state index contributed by atoms with van der Waals surface area (Å²) in [4.78, 5) is 14.6. The van der Waals surface area contributed by atoms with Crippen molar-refractivity contribution >= 4 is 17.6 Å². The minimum absolute atomic E-state index is 0.186. The number of esters is 1. The van der Waals surface area contributed by atoms with Gasteiger partial charge in [-0.15, -0.1) is 0 Å². The molecule has 0 saturated carbocycles. The number of carbonyl (C=O) groups is 1. The van der Waals surface area contributed by atoms with Crippen molar-refractivity contribution in [1.29, 1.82) is 0 Å². The maximum Gasteiger partial charge on any atom is 0.356 e. The molecule has 0 aliphatic heterocycles. The molecule has 0 spiro atoms. The first-order chi connectivity index (χ1) is 7.51. The fraction of sp³-hybridized carbons (Fsp3) is 0.333. The Morgan fingerprint density at radius 1 is 1.50 bits per heavy atom. The summed E-state index contributed by atoms with van der Waals surface area (Å²) in [5.41, 5.74) is -0.731. The topological polar surface area (TPSA) is 48.4 Å². The van der Waals surface area contributed by atoms with Crippen LogP contribution < -0.4 is 4.74 Å². The number of alkyl halides is 2. The molecule has 0 atom stereocenters. The Labute approximate surface area is 95.1 Å². The number of methoxy groups -OCH3 is 2. The maximum atomic E-state index is 12.6. The molecule has 0 aliphatic rings. The Bertz CT molecular complexity index is 412. The lowest BCUT2D eigenvalue weighted by Crippen LogP contribution is -2.07. The zero-order chi connectivity index (χ0) is 12.3. The van der Waals surface area contributed by atoms with E-state index in [1.54, 1.807) is 0 Å². The monoisotopic (exact) mass is 251 g/mol. The summed E-state index contributed by atoms with van der Waals surface area (Å²) in [5.74, 6) is -0.976. The number of carbonyl (C=O) groups excluding carboxylic acids is 1. The van der Waals surface area contributed by atoms with Crippen molar-refractivity contribution in [1.82, 2.24) is 4.98 Å². The van der Waals surface area contributed by atoms with Crippen LogP contribution in [-0.4, -0.2) is 25.2 Å². The smallest absolute Gasteiger partial charge is 0.356 e. The number of hydrogen-bond acceptors (Lipinski definition) is 4. The van der Waals surface area contributed by atoms with Crippen molar-refractivity contribution in [3.05, 3.63) is 22.5 Å². The minimum atomic E-state index is -2.83. The molecular formula is C9H8ClF2NO3. The average molecular weight is 252 g/mol. The van der Waals surface area contributed by atoms with Gasteiger partial charge in [0.25, 0.3) is 6.43 Å². The van der Waals surface area contributed by atoms with Crippen LogP contribution in [0.1, 0.15) is 22.5 Å². The first-order valence-corrected chi connectivity index (χ1v) is 4.50. The molecule has 0 unspecified atom stereocenters. The maximum absolute atomic E-state index is 12.6. The summed E-state index contributed by atoms with van der Waals surface area (Å²) in [6.07, 6.45) is -2.83. The highest BCUT2D eigenvalue weighted by atomic mass is 35.5. The predicted molar refractivity (Wildman–Crippen MR) is 52.1 cm³/mol. The van der Waals surface area contributed by atoms with Crippen molar-refractivity contribution < 1.29 is 23.0 Å². The summed E-state index contributed by atoms with van der Waals surface area (Å²) in [6, 6.07) is 1.05. The lowest BCUT2D eigenvalue weighted by atomic mass is 10.2. The zero-order valence-electron chi connectivity index (χ0n) is 8.46. The quantitative estimate of drug-likeness (QED) is 0.612. The number of rotatable bonds is 3. The molecule has 0 aromatic carbocycles. The Morgan fingerprint density at radius 3 is 2.56 bits per heavy atom. The highest BCUT2D eigenvalue weighted by Gasteiger charge is 2.22. The van der Waals surface area contributed by atoms with Crippen LogP contribution in [0.5, 0.6) is 5.75 Å². The third-order valence-electron chi connectivity index (χ3n) is 1.81. The third-order valence-corrected chi connectivity index (χ3v) is 2.09. The van der Waals surface area contributed by atoms with Gasteiger partial charge in [0.2, 0.25) is 0 Å². The van der Waals surface area contributed by atoms with E-state index in [4.69, 9.17) is 16.3 Å². The van der Waals surface area contributed by atoms with Crippen LogP contribution in [0, 0.1) is 0 Å². The summed E-state index contributed by atoms with van der Waals surface area (Å²) in [5, 5.41) is -0.477. The molecule has 1 heterocycles. The molecule has 4 nitrogen and oxygen atoms in total. The van der Waals surface area contributed by atoms with E-state index in [0.717, 1.165) is 13.2 Å². The minimum Gasteiger partial charge on any atom is -0.496 e. The lowest BCUT2D eigenvalue weighted by molar-refractivity contribution is 0.0592. The van der Waals surface area contributed by atoms with E-state index in [9.17, 15) is 13.6 Å². The van der Waals surface area contributed by atoms with Gasteiger partial charge in [-0.25, -0.2) is 18.6 Å². The van der Waals surface area contributed by atoms with E-state index >= 15 is 0 Å². The second-order valence-corrected chi connectivity index (χ2v) is 3.06. The van der Waals surface area contributed by atoms with Crippen LogP contribution in [0.25, 0.3) is 0 Å². The summed E-state index contributed by atoms with van der Waals surface area (Å²) < 4.78 is 34.2. The number of pyridine rings is 1. The predicted octanol–water partition coefficient (Wildman–Crippen LogP) is 2.47. The zero-order valence-corrected chi connectivity index (χ0v) is 9.22. The number of hydrogen-bond donors (Lipinski definition) is 0. The standard InChI is InChI=1S/C9H8ClF2NO3/c1-15-5-3-4(9(14)16-2)13-7(10)6(5)8(11)12/h3,8H,1-2H3. The van der Waals surface area contributed by atoms with Crippen LogP contribution in [0.4, 0.5) is 8.78 Å². The summed E-state index contributed by atoms with van der Waals surface area (Å²) >= 11 is 5.53. The second-order valence-electron chi connectivity index (χ2n) is 2.71. The molecule has 0 fully saturated rings. The first kappa shape index (κ1) is 12.6. The molecule has 16 heavy (non-hydrogen) atoms. The normalized spacial score (nSPS) is 10.4. The molecular weight excluding hydrogens is 244 g/mol. The van der Waals surface area contributed by atoms with Crippen LogP contribution in [-0.2, 0) is 4.74 Å². The van der Waals surface area contributed by atoms with E-state index in [1.807, 2.05) is 0 Å². The van der Waals surface area contributed by atoms with Crippen molar-refractivity contribution in [3.63, 3.8) is 0 Å². The number of aromatic nitrogens is 1. The van der Waals surface area contributed by atoms with Gasteiger partial charge in [0, 0.05) is 6.07 Å². The van der Waals surface area contributed by atoms with Gasteiger partial charge in [0.05, 0.1) is 19.8 Å². The van der Waals surface area contributed by atoms with Crippen molar-refractivity contribution in [2.45, 2.75) is 6.43 Å². The van der Waals surface area contributed by atoms with Gasteiger partial charge in [0.1, 0.15) is 10.9 Å². The molecule has 0 bridgehead atoms. The molecule has 1 aromatic heterocycles. The molecule has 7 heteroatoms. The molecule has 88 valence electrons. The Kier molecular flexibility index (Phi) is 4.00. The first-order valence-electron chi connectivity index (χ1n) is 4.12. The lowest BCUT2D eigenvalue weighted by Gasteiger charge is -2.10. The van der Waals surface area contributed by atoms with Gasteiger partial charge in [-0.1, -0.05) is 11.6 Å². The third kappa shape index (κ3) is 2.38. The average Bonchev–Trinajstić information content (AvgIpc) is 2.26. The van der Waals surface area contributed by atoms with E-state index < -0.39 is 23.1 Å². The van der Waals surface area contributed by atoms with E-state index in [1.165, 1.54) is 7.11 Å². The Hall–Kier alpha value is -1.43. The highest BCUT2D eigenvalue weighted by Crippen LogP contribution is 2.34. The van der Waals surface area contributed by atoms with Crippen LogP contribution >= 0.6 is 11.6 Å². The fourth-order valence-electron chi connectivity index (χ4n) is 1.08. The molecule has 0 saturated heterocycles. The van der Waals surface area contributed by atoms with Crippen LogP contribution in [0.3, 0.4) is 0 Å². The molecule has 0 radical (unpaired) electrons. The van der Waals surface area contributed by atoms with Gasteiger partial charge in [-0.2, -0.15) is 0 Å². The van der Waals surface area contributed by atoms with Gasteiger partial charge >= 0.3 is 5.97 Å². The summed E-state index contributed by atoms with van der Waals surface area (Å²) in [6.45, 7) is 0. The fourth-order valence-corrected chi connectivity index (χ4v) is 1.34. The van der Waals surface area contributed by atoms with Gasteiger partial charge in [0.15, 0.2) is 5.69 Å². The van der Waals surface area contributed by atoms with Crippen molar-refractivity contribution in [3.8, 4) is 5.75 Å². The summed E-state index contributed by atoms with van der Waals surface area (Å²) in [7, 11) is 2.34. The number of ether oxygens (including phenoxy) is 2. The van der Waals surface area contributed by atoms with E-state index in [2.05, 4.69) is 9.72 Å². The highest BCUT2D eigenvalue weighted by molar-refractivity contribution is 6.30. The van der Waals surface area contributed by atoms with Crippen LogP contribution in [0.2, 0.25) is 5.15 Å². The van der Waals surface area contributed by atoms with Crippen molar-refractivity contribution in [2.24, 2.45) is 0 Å². The molecule has 0 amide bonds. The van der Waals surface area contributed by atoms with Crippen molar-refractivity contribution in [2.75, 3.05) is 14.2 Å². The number of halogens is 3. The van der Waals surface area contributed by atoms with E-state index in [0.29, 0.717) is 0 Å². The molecule has 0 N–H and O–H groups in total. The molecule has 1 rings (SSSR count).